The van der Waals surface area contributed by atoms with E-state index in [0.29, 0.717) is 11.8 Å². The maximum Gasteiger partial charge on any atom is 0.150 e. The highest BCUT2D eigenvalue weighted by Crippen LogP contribution is 2.35. The van der Waals surface area contributed by atoms with Crippen molar-refractivity contribution in [2.75, 3.05) is 18.1 Å². The van der Waals surface area contributed by atoms with Gasteiger partial charge >= 0.3 is 0 Å². The van der Waals surface area contributed by atoms with Crippen molar-refractivity contribution in [3.63, 3.8) is 0 Å². The Balaban J connectivity index is 1.96. The summed E-state index contributed by atoms with van der Waals surface area (Å²) in [6, 6.07) is 2.66. The number of aryl methyl sites for hydroxylation is 2. The van der Waals surface area contributed by atoms with Crippen molar-refractivity contribution in [3.05, 3.63) is 21.4 Å². The molecule has 0 radical (unpaired) electrons. The van der Waals surface area contributed by atoms with Gasteiger partial charge in [-0.3, -0.25) is 0 Å². The smallest absolute Gasteiger partial charge is 0.150 e. The Hall–Kier alpha value is -0.390. The van der Waals surface area contributed by atoms with Crippen LogP contribution in [0, 0.1) is 0 Å². The SMILES string of the molecule is CCNC(CCCS(=O)(=O)CC)c1cc2c(s1)CCC2. The molecule has 1 unspecified atom stereocenters. The minimum absolute atomic E-state index is 0.256. The van der Waals surface area contributed by atoms with Crippen LogP contribution >= 0.6 is 11.3 Å². The van der Waals surface area contributed by atoms with Crippen LogP contribution < -0.4 is 5.32 Å². The third-order valence-electron chi connectivity index (χ3n) is 3.95. The fourth-order valence-corrected chi connectivity index (χ4v) is 5.03. The lowest BCUT2D eigenvalue weighted by atomic mass is 10.1. The van der Waals surface area contributed by atoms with Gasteiger partial charge in [0, 0.05) is 21.5 Å². The molecule has 5 heteroatoms. The largest absolute Gasteiger partial charge is 0.310 e. The van der Waals surface area contributed by atoms with Gasteiger partial charge in [0.05, 0.1) is 5.75 Å². The molecule has 20 heavy (non-hydrogen) atoms. The molecule has 1 aliphatic rings. The third-order valence-corrected chi connectivity index (χ3v) is 7.09. The van der Waals surface area contributed by atoms with Crippen molar-refractivity contribution in [3.8, 4) is 0 Å². The lowest BCUT2D eigenvalue weighted by molar-refractivity contribution is 0.513. The van der Waals surface area contributed by atoms with Gasteiger partial charge in [0.2, 0.25) is 0 Å². The highest BCUT2D eigenvalue weighted by molar-refractivity contribution is 7.91. The van der Waals surface area contributed by atoms with E-state index in [9.17, 15) is 8.42 Å². The summed E-state index contributed by atoms with van der Waals surface area (Å²) in [5.41, 5.74) is 1.52. The van der Waals surface area contributed by atoms with E-state index in [1.165, 1.54) is 29.7 Å². The zero-order chi connectivity index (χ0) is 14.6. The molecule has 2 rings (SSSR count). The molecule has 0 spiro atoms. The minimum Gasteiger partial charge on any atom is -0.310 e. The standard InChI is InChI=1S/C15H25NO2S2/c1-3-16-13(8-6-10-20(17,18)4-2)15-11-12-7-5-9-14(12)19-15/h11,13,16H,3-10H2,1-2H3. The lowest BCUT2D eigenvalue weighted by Gasteiger charge is -2.16. The molecule has 1 heterocycles. The van der Waals surface area contributed by atoms with E-state index in [1.54, 1.807) is 11.8 Å². The van der Waals surface area contributed by atoms with Crippen molar-refractivity contribution in [2.24, 2.45) is 0 Å². The summed E-state index contributed by atoms with van der Waals surface area (Å²) < 4.78 is 23.1. The van der Waals surface area contributed by atoms with Crippen LogP contribution in [0.15, 0.2) is 6.07 Å². The lowest BCUT2D eigenvalue weighted by Crippen LogP contribution is -2.21. The molecule has 0 saturated carbocycles. The van der Waals surface area contributed by atoms with Crippen molar-refractivity contribution in [1.29, 1.82) is 0 Å². The molecule has 1 N–H and O–H groups in total. The number of fused-ring (bicyclic) bond motifs is 1. The van der Waals surface area contributed by atoms with Crippen LogP contribution in [0.2, 0.25) is 0 Å². The molecule has 0 bridgehead atoms. The Morgan fingerprint density at radius 2 is 2.15 bits per heavy atom. The van der Waals surface area contributed by atoms with Crippen molar-refractivity contribution >= 4 is 21.2 Å². The van der Waals surface area contributed by atoms with Gasteiger partial charge in [-0.15, -0.1) is 11.3 Å². The second-order valence-electron chi connectivity index (χ2n) is 5.44. The molecular formula is C15H25NO2S2. The Bertz CT molecular complexity index is 513. The van der Waals surface area contributed by atoms with E-state index < -0.39 is 9.84 Å². The summed E-state index contributed by atoms with van der Waals surface area (Å²) in [4.78, 5) is 2.94. The maximum atomic E-state index is 11.6. The maximum absolute atomic E-state index is 11.6. The van der Waals surface area contributed by atoms with Gasteiger partial charge in [0.15, 0.2) is 0 Å². The quantitative estimate of drug-likeness (QED) is 0.802. The van der Waals surface area contributed by atoms with Crippen LogP contribution in [0.4, 0.5) is 0 Å². The van der Waals surface area contributed by atoms with Gasteiger partial charge in [-0.2, -0.15) is 0 Å². The second kappa shape index (κ2) is 7.05. The summed E-state index contributed by atoms with van der Waals surface area (Å²) in [7, 11) is -2.83. The molecule has 1 aromatic heterocycles. The summed E-state index contributed by atoms with van der Waals surface area (Å²) in [6.45, 7) is 4.76. The van der Waals surface area contributed by atoms with Crippen molar-refractivity contribution in [2.45, 2.75) is 52.0 Å². The molecule has 1 aliphatic carbocycles. The zero-order valence-electron chi connectivity index (χ0n) is 12.4. The van der Waals surface area contributed by atoms with Crippen LogP contribution in [0.1, 0.15) is 54.5 Å². The van der Waals surface area contributed by atoms with E-state index in [1.807, 2.05) is 11.3 Å². The zero-order valence-corrected chi connectivity index (χ0v) is 14.1. The summed E-state index contributed by atoms with van der Waals surface area (Å²) >= 11 is 1.92. The summed E-state index contributed by atoms with van der Waals surface area (Å²) in [5.74, 6) is 0.572. The number of hydrogen-bond acceptors (Lipinski definition) is 4. The number of hydrogen-bond donors (Lipinski definition) is 1. The fraction of sp³-hybridized carbons (Fsp3) is 0.733. The second-order valence-corrected chi connectivity index (χ2v) is 9.08. The van der Waals surface area contributed by atoms with Gasteiger partial charge in [0.1, 0.15) is 9.84 Å². The predicted octanol–water partition coefficient (Wildman–Crippen LogP) is 3.10. The van der Waals surface area contributed by atoms with E-state index >= 15 is 0 Å². The van der Waals surface area contributed by atoms with Gasteiger partial charge in [-0.25, -0.2) is 8.42 Å². The van der Waals surface area contributed by atoms with Crippen molar-refractivity contribution < 1.29 is 8.42 Å². The van der Waals surface area contributed by atoms with Gasteiger partial charge in [-0.1, -0.05) is 13.8 Å². The van der Waals surface area contributed by atoms with Crippen LogP contribution in [-0.4, -0.2) is 26.5 Å². The Morgan fingerprint density at radius 1 is 1.35 bits per heavy atom. The first kappa shape index (κ1) is 16.0. The number of nitrogens with one attached hydrogen (secondary N) is 1. The first-order valence-electron chi connectivity index (χ1n) is 7.61. The average Bonchev–Trinajstić information content (AvgIpc) is 2.98. The fourth-order valence-electron chi connectivity index (χ4n) is 2.77. The van der Waals surface area contributed by atoms with Gasteiger partial charge < -0.3 is 5.32 Å². The van der Waals surface area contributed by atoms with E-state index in [0.717, 1.165) is 19.4 Å². The Labute approximate surface area is 126 Å². The highest BCUT2D eigenvalue weighted by Gasteiger charge is 2.20. The molecule has 0 amide bonds. The van der Waals surface area contributed by atoms with Gasteiger partial charge in [0.25, 0.3) is 0 Å². The first-order valence-corrected chi connectivity index (χ1v) is 10.2. The summed E-state index contributed by atoms with van der Waals surface area (Å²) in [6.07, 6.45) is 5.39. The molecule has 0 fully saturated rings. The molecule has 1 atom stereocenters. The highest BCUT2D eigenvalue weighted by atomic mass is 32.2. The minimum atomic E-state index is -2.83. The van der Waals surface area contributed by atoms with Gasteiger partial charge in [-0.05, 0) is 50.3 Å². The van der Waals surface area contributed by atoms with Crippen molar-refractivity contribution in [1.82, 2.24) is 5.32 Å². The third kappa shape index (κ3) is 4.06. The van der Waals surface area contributed by atoms with E-state index in [4.69, 9.17) is 0 Å². The number of thiophene rings is 1. The molecule has 3 nitrogen and oxygen atoms in total. The monoisotopic (exact) mass is 315 g/mol. The normalized spacial score (nSPS) is 16.3. The molecule has 0 aromatic carbocycles. The summed E-state index contributed by atoms with van der Waals surface area (Å²) in [5, 5.41) is 3.51. The predicted molar refractivity (Wildman–Crippen MR) is 86.3 cm³/mol. The van der Waals surface area contributed by atoms with Crippen LogP contribution in [0.3, 0.4) is 0 Å². The molecule has 114 valence electrons. The van der Waals surface area contributed by atoms with Crippen LogP contribution in [-0.2, 0) is 22.7 Å². The van der Waals surface area contributed by atoms with Crippen LogP contribution in [0.25, 0.3) is 0 Å². The Morgan fingerprint density at radius 3 is 2.80 bits per heavy atom. The number of sulfone groups is 1. The topological polar surface area (TPSA) is 46.2 Å². The molecule has 0 aliphatic heterocycles. The Kier molecular flexibility index (Phi) is 5.64. The van der Waals surface area contributed by atoms with E-state index in [2.05, 4.69) is 18.3 Å². The molecule has 1 aromatic rings. The van der Waals surface area contributed by atoms with Crippen LogP contribution in [0.5, 0.6) is 0 Å². The van der Waals surface area contributed by atoms with E-state index in [-0.39, 0.29) is 5.75 Å². The first-order chi connectivity index (χ1) is 9.55. The number of rotatable bonds is 8. The average molecular weight is 316 g/mol. The molecule has 0 saturated heterocycles. The molecular weight excluding hydrogens is 290 g/mol.